The van der Waals surface area contributed by atoms with Gasteiger partial charge in [-0.05, 0) is 31.7 Å². The van der Waals surface area contributed by atoms with Crippen LogP contribution in [0.1, 0.15) is 33.1 Å². The smallest absolute Gasteiger partial charge is 0.308 e. The standard InChI is InChI=1S/C13H25NO3/c1-4-14(7-8-17-3)12-9-10(2)5-6-11(12)13(15)16/h10-12H,4-9H2,1-3H3,(H,15,16). The molecule has 1 N–H and O–H groups in total. The van der Waals surface area contributed by atoms with Gasteiger partial charge in [0.15, 0.2) is 0 Å². The first-order valence-electron chi connectivity index (χ1n) is 6.55. The summed E-state index contributed by atoms with van der Waals surface area (Å²) in [6.07, 6.45) is 2.84. The number of carboxylic acids is 1. The molecule has 0 saturated heterocycles. The number of nitrogens with zero attached hydrogens (tertiary/aromatic N) is 1. The van der Waals surface area contributed by atoms with Crippen LogP contribution in [-0.4, -0.2) is 48.8 Å². The molecule has 1 aliphatic rings. The van der Waals surface area contributed by atoms with Gasteiger partial charge < -0.3 is 9.84 Å². The van der Waals surface area contributed by atoms with Gasteiger partial charge in [-0.2, -0.15) is 0 Å². The lowest BCUT2D eigenvalue weighted by Crippen LogP contribution is -2.48. The maximum absolute atomic E-state index is 11.3. The fraction of sp³-hybridized carbons (Fsp3) is 0.923. The van der Waals surface area contributed by atoms with E-state index in [0.717, 1.165) is 32.4 Å². The topological polar surface area (TPSA) is 49.8 Å². The minimum absolute atomic E-state index is 0.177. The highest BCUT2D eigenvalue weighted by Crippen LogP contribution is 2.32. The summed E-state index contributed by atoms with van der Waals surface area (Å²) in [4.78, 5) is 13.6. The summed E-state index contributed by atoms with van der Waals surface area (Å²) >= 11 is 0. The number of carbonyl (C=O) groups is 1. The molecule has 1 saturated carbocycles. The van der Waals surface area contributed by atoms with Gasteiger partial charge in [-0.15, -0.1) is 0 Å². The van der Waals surface area contributed by atoms with Crippen molar-refractivity contribution < 1.29 is 14.6 Å². The zero-order valence-corrected chi connectivity index (χ0v) is 11.2. The molecular weight excluding hydrogens is 218 g/mol. The number of carboxylic acid groups (broad SMARTS) is 1. The molecule has 3 unspecified atom stereocenters. The fourth-order valence-corrected chi connectivity index (χ4v) is 2.81. The lowest BCUT2D eigenvalue weighted by molar-refractivity contribution is -0.146. The largest absolute Gasteiger partial charge is 0.481 e. The van der Waals surface area contributed by atoms with Gasteiger partial charge in [-0.3, -0.25) is 9.69 Å². The predicted molar refractivity (Wildman–Crippen MR) is 67.1 cm³/mol. The van der Waals surface area contributed by atoms with Crippen molar-refractivity contribution in [3.63, 3.8) is 0 Å². The first-order chi connectivity index (χ1) is 8.10. The molecule has 0 radical (unpaired) electrons. The van der Waals surface area contributed by atoms with Crippen molar-refractivity contribution in [3.8, 4) is 0 Å². The van der Waals surface area contributed by atoms with E-state index < -0.39 is 5.97 Å². The number of methoxy groups -OCH3 is 1. The van der Waals surface area contributed by atoms with Crippen molar-refractivity contribution in [2.24, 2.45) is 11.8 Å². The Kier molecular flexibility index (Phi) is 5.92. The first kappa shape index (κ1) is 14.5. The molecule has 0 heterocycles. The molecule has 4 heteroatoms. The van der Waals surface area contributed by atoms with Gasteiger partial charge in [0.25, 0.3) is 0 Å². The van der Waals surface area contributed by atoms with Gasteiger partial charge in [0.05, 0.1) is 12.5 Å². The summed E-state index contributed by atoms with van der Waals surface area (Å²) in [6.45, 7) is 6.70. The van der Waals surface area contributed by atoms with Gasteiger partial charge in [0.1, 0.15) is 0 Å². The van der Waals surface area contributed by atoms with E-state index in [1.807, 2.05) is 0 Å². The highest BCUT2D eigenvalue weighted by Gasteiger charge is 2.36. The quantitative estimate of drug-likeness (QED) is 0.773. The van der Waals surface area contributed by atoms with Crippen LogP contribution in [0.5, 0.6) is 0 Å². The number of aliphatic carboxylic acids is 1. The third-order valence-corrected chi connectivity index (χ3v) is 3.85. The number of likely N-dealkylation sites (N-methyl/N-ethyl adjacent to an activating group) is 1. The SMILES string of the molecule is CCN(CCOC)C1CC(C)CCC1C(=O)O. The molecule has 1 aliphatic carbocycles. The highest BCUT2D eigenvalue weighted by molar-refractivity contribution is 5.71. The van der Waals surface area contributed by atoms with Crippen molar-refractivity contribution in [2.45, 2.75) is 39.2 Å². The van der Waals surface area contributed by atoms with Gasteiger partial charge in [0.2, 0.25) is 0 Å². The predicted octanol–water partition coefficient (Wildman–Crippen LogP) is 1.84. The van der Waals surface area contributed by atoms with Gasteiger partial charge in [0, 0.05) is 19.7 Å². The van der Waals surface area contributed by atoms with E-state index in [9.17, 15) is 9.90 Å². The van der Waals surface area contributed by atoms with Crippen LogP contribution in [0.2, 0.25) is 0 Å². The summed E-state index contributed by atoms with van der Waals surface area (Å²) in [5.74, 6) is -0.215. The minimum Gasteiger partial charge on any atom is -0.481 e. The van der Waals surface area contributed by atoms with Crippen LogP contribution < -0.4 is 0 Å². The van der Waals surface area contributed by atoms with Crippen LogP contribution >= 0.6 is 0 Å². The van der Waals surface area contributed by atoms with Crippen molar-refractivity contribution in [3.05, 3.63) is 0 Å². The van der Waals surface area contributed by atoms with Crippen molar-refractivity contribution in [1.29, 1.82) is 0 Å². The number of hydrogen-bond donors (Lipinski definition) is 1. The number of rotatable bonds is 6. The molecule has 17 heavy (non-hydrogen) atoms. The Morgan fingerprint density at radius 1 is 1.47 bits per heavy atom. The molecule has 4 nitrogen and oxygen atoms in total. The summed E-state index contributed by atoms with van der Waals surface area (Å²) < 4.78 is 5.10. The Morgan fingerprint density at radius 3 is 2.71 bits per heavy atom. The second kappa shape index (κ2) is 6.97. The zero-order chi connectivity index (χ0) is 12.8. The zero-order valence-electron chi connectivity index (χ0n) is 11.2. The van der Waals surface area contributed by atoms with E-state index >= 15 is 0 Å². The van der Waals surface area contributed by atoms with E-state index in [0.29, 0.717) is 12.5 Å². The van der Waals surface area contributed by atoms with E-state index in [-0.39, 0.29) is 12.0 Å². The molecule has 100 valence electrons. The van der Waals surface area contributed by atoms with Gasteiger partial charge in [-0.1, -0.05) is 13.8 Å². The first-order valence-corrected chi connectivity index (χ1v) is 6.55. The third kappa shape index (κ3) is 3.96. The van der Waals surface area contributed by atoms with E-state index in [1.54, 1.807) is 7.11 Å². The molecule has 0 aromatic heterocycles. The van der Waals surface area contributed by atoms with Gasteiger partial charge >= 0.3 is 5.97 Å². The number of hydrogen-bond acceptors (Lipinski definition) is 3. The summed E-state index contributed by atoms with van der Waals surface area (Å²) in [5, 5.41) is 9.31. The third-order valence-electron chi connectivity index (χ3n) is 3.85. The fourth-order valence-electron chi connectivity index (χ4n) is 2.81. The molecule has 1 fully saturated rings. The molecule has 0 bridgehead atoms. The van der Waals surface area contributed by atoms with Crippen LogP contribution in [0.4, 0.5) is 0 Å². The molecule has 0 amide bonds. The maximum atomic E-state index is 11.3. The average Bonchev–Trinajstić information content (AvgIpc) is 2.29. The van der Waals surface area contributed by atoms with E-state index in [2.05, 4.69) is 18.7 Å². The second-order valence-electron chi connectivity index (χ2n) is 5.05. The summed E-state index contributed by atoms with van der Waals surface area (Å²) in [7, 11) is 1.69. The van der Waals surface area contributed by atoms with Crippen LogP contribution in [0.3, 0.4) is 0 Å². The molecule has 0 aliphatic heterocycles. The van der Waals surface area contributed by atoms with Gasteiger partial charge in [-0.25, -0.2) is 0 Å². The molecule has 0 spiro atoms. The second-order valence-corrected chi connectivity index (χ2v) is 5.05. The number of ether oxygens (including phenoxy) is 1. The van der Waals surface area contributed by atoms with E-state index in [1.165, 1.54) is 0 Å². The van der Waals surface area contributed by atoms with Crippen LogP contribution in [0.15, 0.2) is 0 Å². The highest BCUT2D eigenvalue weighted by atomic mass is 16.5. The van der Waals surface area contributed by atoms with Crippen molar-refractivity contribution >= 4 is 5.97 Å². The molecule has 3 atom stereocenters. The minimum atomic E-state index is -0.641. The maximum Gasteiger partial charge on any atom is 0.308 e. The Hall–Kier alpha value is -0.610. The molecular formula is C13H25NO3. The molecule has 1 rings (SSSR count). The van der Waals surface area contributed by atoms with Crippen molar-refractivity contribution in [2.75, 3.05) is 26.8 Å². The Labute approximate surface area is 104 Å². The lowest BCUT2D eigenvalue weighted by Gasteiger charge is -2.39. The monoisotopic (exact) mass is 243 g/mol. The molecule has 0 aromatic rings. The Morgan fingerprint density at radius 2 is 2.18 bits per heavy atom. The summed E-state index contributed by atoms with van der Waals surface area (Å²) in [6, 6.07) is 0.177. The lowest BCUT2D eigenvalue weighted by atomic mass is 9.78. The Bertz CT molecular complexity index is 245. The van der Waals surface area contributed by atoms with Crippen LogP contribution in [-0.2, 0) is 9.53 Å². The van der Waals surface area contributed by atoms with Crippen molar-refractivity contribution in [1.82, 2.24) is 4.90 Å². The normalized spacial score (nSPS) is 29.5. The molecule has 0 aromatic carbocycles. The van der Waals surface area contributed by atoms with E-state index in [4.69, 9.17) is 4.74 Å². The Balaban J connectivity index is 2.68. The van der Waals surface area contributed by atoms with Crippen LogP contribution in [0.25, 0.3) is 0 Å². The van der Waals surface area contributed by atoms with Crippen LogP contribution in [0, 0.1) is 11.8 Å². The summed E-state index contributed by atoms with van der Waals surface area (Å²) in [5.41, 5.74) is 0. The average molecular weight is 243 g/mol.